The van der Waals surface area contributed by atoms with Crippen LogP contribution in [0.2, 0.25) is 10.0 Å². The van der Waals surface area contributed by atoms with Crippen LogP contribution in [0.5, 0.6) is 5.75 Å². The molecule has 0 aliphatic carbocycles. The van der Waals surface area contributed by atoms with E-state index in [1.807, 2.05) is 0 Å². The summed E-state index contributed by atoms with van der Waals surface area (Å²) in [6.07, 6.45) is -2.31. The number of hydrogen-bond acceptors (Lipinski definition) is 6. The molecule has 2 amide bonds. The van der Waals surface area contributed by atoms with Gasteiger partial charge in [-0.05, 0) is 30.3 Å². The van der Waals surface area contributed by atoms with Crippen LogP contribution in [0.15, 0.2) is 53.4 Å². The summed E-state index contributed by atoms with van der Waals surface area (Å²) in [7, 11) is -4.19. The molecule has 0 saturated carbocycles. The first-order valence-corrected chi connectivity index (χ1v) is 11.4. The van der Waals surface area contributed by atoms with Crippen molar-refractivity contribution in [2.45, 2.75) is 11.1 Å². The molecule has 0 bridgehead atoms. The number of nitrogens with two attached hydrogens (primary N) is 1. The highest BCUT2D eigenvalue weighted by molar-refractivity contribution is 7.89. The molecule has 1 atom stereocenters. The molecule has 166 valence electrons. The maximum atomic E-state index is 13.3. The molecule has 0 radical (unpaired) electrons. The Morgan fingerprint density at radius 1 is 1.10 bits per heavy atom. The largest absolute Gasteiger partial charge is 0.417 e. The molecule has 0 aromatic heterocycles. The number of carbonyl (C=O) groups excluding carboxylic acids is 2. The molecule has 3 N–H and O–H groups in total. The molecule has 0 spiro atoms. The lowest BCUT2D eigenvalue weighted by Gasteiger charge is -2.28. The fraction of sp³-hybridized carbons (Fsp3) is 0.263. The van der Waals surface area contributed by atoms with E-state index in [1.165, 1.54) is 18.2 Å². The third kappa shape index (κ3) is 5.10. The van der Waals surface area contributed by atoms with Crippen LogP contribution in [0, 0.1) is 0 Å². The summed E-state index contributed by atoms with van der Waals surface area (Å²) >= 11 is 11.9. The minimum absolute atomic E-state index is 0.0476. The highest BCUT2D eigenvalue weighted by Crippen LogP contribution is 2.30. The summed E-state index contributed by atoms with van der Waals surface area (Å²) in [5, 5.41) is 2.77. The average Bonchev–Trinajstić information content (AvgIpc) is 3.21. The van der Waals surface area contributed by atoms with Gasteiger partial charge in [0.05, 0.1) is 14.9 Å². The Kier molecular flexibility index (Phi) is 7.39. The number of ether oxygens (including phenoxy) is 1. The predicted octanol–water partition coefficient (Wildman–Crippen LogP) is 1.90. The van der Waals surface area contributed by atoms with Gasteiger partial charge in [-0.3, -0.25) is 9.69 Å². The van der Waals surface area contributed by atoms with Crippen LogP contribution in [0.3, 0.4) is 0 Å². The quantitative estimate of drug-likeness (QED) is 0.642. The van der Waals surface area contributed by atoms with Gasteiger partial charge in [-0.2, -0.15) is 4.31 Å². The molecule has 12 heteroatoms. The van der Waals surface area contributed by atoms with Crippen LogP contribution < -0.4 is 15.8 Å². The van der Waals surface area contributed by atoms with Crippen LogP contribution in [-0.2, 0) is 14.8 Å². The molecule has 2 aromatic rings. The summed E-state index contributed by atoms with van der Waals surface area (Å²) < 4.78 is 32.7. The van der Waals surface area contributed by atoms with Crippen molar-refractivity contribution in [1.29, 1.82) is 0 Å². The van der Waals surface area contributed by atoms with E-state index in [0.717, 1.165) is 9.21 Å². The van der Waals surface area contributed by atoms with E-state index in [9.17, 15) is 18.0 Å². The van der Waals surface area contributed by atoms with Gasteiger partial charge in [0, 0.05) is 26.2 Å². The molecular weight excluding hydrogens is 467 g/mol. The first-order valence-electron chi connectivity index (χ1n) is 9.24. The zero-order chi connectivity index (χ0) is 22.6. The molecule has 9 nitrogen and oxygen atoms in total. The lowest BCUT2D eigenvalue weighted by atomic mass is 10.3. The number of carbonyl (C=O) groups is 2. The molecule has 1 heterocycles. The molecule has 2 aromatic carbocycles. The van der Waals surface area contributed by atoms with Crippen molar-refractivity contribution in [2.24, 2.45) is 5.73 Å². The number of benzene rings is 2. The maximum absolute atomic E-state index is 13.3. The fourth-order valence-electron chi connectivity index (χ4n) is 3.03. The minimum atomic E-state index is -4.19. The second-order valence-corrected chi connectivity index (χ2v) is 9.22. The van der Waals surface area contributed by atoms with E-state index in [4.69, 9.17) is 33.7 Å². The lowest BCUT2D eigenvalue weighted by Crippen LogP contribution is -2.54. The Labute approximate surface area is 189 Å². The molecule has 31 heavy (non-hydrogen) atoms. The summed E-state index contributed by atoms with van der Waals surface area (Å²) in [5.74, 6) is -0.434. The first-order chi connectivity index (χ1) is 14.8. The number of para-hydroxylation sites is 1. The van der Waals surface area contributed by atoms with Gasteiger partial charge in [-0.1, -0.05) is 41.4 Å². The van der Waals surface area contributed by atoms with E-state index >= 15 is 0 Å². The van der Waals surface area contributed by atoms with Gasteiger partial charge in [0.1, 0.15) is 5.75 Å². The number of amides is 2. The van der Waals surface area contributed by atoms with Crippen molar-refractivity contribution < 1.29 is 22.7 Å². The molecular formula is C19H20Cl2N4O5S. The number of nitrogens with one attached hydrogen (secondary N) is 1. The summed E-state index contributed by atoms with van der Waals surface area (Å²) in [6, 6.07) is 12.1. The van der Waals surface area contributed by atoms with Crippen LogP contribution in [0.4, 0.5) is 4.79 Å². The Morgan fingerprint density at radius 3 is 2.45 bits per heavy atom. The molecule has 3 rings (SSSR count). The normalized spacial score (nSPS) is 16.9. The second kappa shape index (κ2) is 9.84. The van der Waals surface area contributed by atoms with E-state index in [-0.39, 0.29) is 46.9 Å². The van der Waals surface area contributed by atoms with Crippen molar-refractivity contribution in [3.8, 4) is 5.75 Å². The number of rotatable bonds is 6. The SMILES string of the molecule is NCCNC(=O)C1N(C(=O)Oc2ccccc2)CCN1S(=O)(=O)c1ccc(Cl)c(Cl)c1. The summed E-state index contributed by atoms with van der Waals surface area (Å²) in [4.78, 5) is 26.5. The standard InChI is InChI=1S/C19H20Cl2N4O5S/c20-15-7-6-14(12-16(15)21)31(28,29)25-11-10-24(18(25)17(26)23-9-8-22)19(27)30-13-4-2-1-3-5-13/h1-7,12,18H,8-11,22H2,(H,23,26). The molecule has 1 aliphatic rings. The van der Waals surface area contributed by atoms with Crippen molar-refractivity contribution in [2.75, 3.05) is 26.2 Å². The Hall–Kier alpha value is -2.37. The van der Waals surface area contributed by atoms with E-state index < -0.39 is 28.2 Å². The third-order valence-corrected chi connectivity index (χ3v) is 7.08. The van der Waals surface area contributed by atoms with E-state index in [1.54, 1.807) is 30.3 Å². The molecule has 1 unspecified atom stereocenters. The Balaban J connectivity index is 1.92. The molecule has 1 fully saturated rings. The highest BCUT2D eigenvalue weighted by atomic mass is 35.5. The molecule has 1 aliphatic heterocycles. The van der Waals surface area contributed by atoms with Gasteiger partial charge < -0.3 is 15.8 Å². The summed E-state index contributed by atoms with van der Waals surface area (Å²) in [6.45, 7) is 0.0874. The monoisotopic (exact) mass is 486 g/mol. The van der Waals surface area contributed by atoms with Crippen LogP contribution in [-0.4, -0.2) is 62.0 Å². The van der Waals surface area contributed by atoms with Crippen molar-refractivity contribution >= 4 is 45.2 Å². The van der Waals surface area contributed by atoms with Crippen LogP contribution in [0.25, 0.3) is 0 Å². The van der Waals surface area contributed by atoms with Gasteiger partial charge in [0.2, 0.25) is 10.0 Å². The average molecular weight is 487 g/mol. The van der Waals surface area contributed by atoms with Crippen LogP contribution >= 0.6 is 23.2 Å². The van der Waals surface area contributed by atoms with Gasteiger partial charge >= 0.3 is 6.09 Å². The second-order valence-electron chi connectivity index (χ2n) is 6.52. The number of halogens is 2. The topological polar surface area (TPSA) is 122 Å². The smallest absolute Gasteiger partial charge is 0.410 e. The van der Waals surface area contributed by atoms with E-state index in [2.05, 4.69) is 5.32 Å². The fourth-order valence-corrected chi connectivity index (χ4v) is 4.96. The van der Waals surface area contributed by atoms with Gasteiger partial charge in [-0.25, -0.2) is 13.2 Å². The zero-order valence-electron chi connectivity index (χ0n) is 16.2. The van der Waals surface area contributed by atoms with Crippen molar-refractivity contribution in [3.63, 3.8) is 0 Å². The first kappa shape index (κ1) is 23.3. The Bertz CT molecular complexity index is 1070. The maximum Gasteiger partial charge on any atom is 0.417 e. The van der Waals surface area contributed by atoms with E-state index in [0.29, 0.717) is 0 Å². The summed E-state index contributed by atoms with van der Waals surface area (Å²) in [5.41, 5.74) is 5.44. The predicted molar refractivity (Wildman–Crippen MR) is 115 cm³/mol. The number of sulfonamides is 1. The van der Waals surface area contributed by atoms with Crippen molar-refractivity contribution in [3.05, 3.63) is 58.6 Å². The third-order valence-electron chi connectivity index (χ3n) is 4.49. The zero-order valence-corrected chi connectivity index (χ0v) is 18.5. The Morgan fingerprint density at radius 2 is 1.81 bits per heavy atom. The van der Waals surface area contributed by atoms with Gasteiger partial charge in [0.25, 0.3) is 5.91 Å². The van der Waals surface area contributed by atoms with Crippen LogP contribution in [0.1, 0.15) is 0 Å². The number of nitrogens with zero attached hydrogens (tertiary/aromatic N) is 2. The minimum Gasteiger partial charge on any atom is -0.410 e. The van der Waals surface area contributed by atoms with Crippen molar-refractivity contribution in [1.82, 2.24) is 14.5 Å². The molecule has 1 saturated heterocycles. The van der Waals surface area contributed by atoms with Gasteiger partial charge in [-0.15, -0.1) is 0 Å². The van der Waals surface area contributed by atoms with Gasteiger partial charge in [0.15, 0.2) is 6.17 Å². The highest BCUT2D eigenvalue weighted by Gasteiger charge is 2.47. The number of hydrogen-bond donors (Lipinski definition) is 2. The lowest BCUT2D eigenvalue weighted by molar-refractivity contribution is -0.127.